The Morgan fingerprint density at radius 3 is 2.48 bits per heavy atom. The number of nitrogens with zero attached hydrogens (tertiary/aromatic N) is 3. The average molecular weight is 463 g/mol. The van der Waals surface area contributed by atoms with Gasteiger partial charge in [-0.15, -0.1) is 10.2 Å². The number of hydrogen-bond acceptors (Lipinski definition) is 6. The monoisotopic (exact) mass is 462 g/mol. The summed E-state index contributed by atoms with van der Waals surface area (Å²) in [7, 11) is -3.96. The SMILES string of the molecule is CC(C)c1ccc(-c2nnc(NS(=O)(=O)c3cccc(Br)c3C#N)s2)cc1. The van der Waals surface area contributed by atoms with Crippen molar-refractivity contribution in [2.45, 2.75) is 24.7 Å². The number of nitriles is 1. The number of benzene rings is 2. The molecule has 0 aliphatic rings. The Balaban J connectivity index is 1.87. The normalized spacial score (nSPS) is 11.4. The van der Waals surface area contributed by atoms with Gasteiger partial charge in [-0.1, -0.05) is 55.5 Å². The lowest BCUT2D eigenvalue weighted by atomic mass is 10.0. The summed E-state index contributed by atoms with van der Waals surface area (Å²) in [5.41, 5.74) is 2.12. The quantitative estimate of drug-likeness (QED) is 0.589. The summed E-state index contributed by atoms with van der Waals surface area (Å²) in [5, 5.41) is 18.0. The van der Waals surface area contributed by atoms with Crippen molar-refractivity contribution >= 4 is 42.4 Å². The van der Waals surface area contributed by atoms with E-state index in [-0.39, 0.29) is 15.6 Å². The van der Waals surface area contributed by atoms with Gasteiger partial charge in [-0.2, -0.15) is 5.26 Å². The van der Waals surface area contributed by atoms with Gasteiger partial charge in [-0.05, 0) is 39.5 Å². The highest BCUT2D eigenvalue weighted by Crippen LogP contribution is 2.30. The molecule has 3 aromatic rings. The van der Waals surface area contributed by atoms with Crippen molar-refractivity contribution in [3.8, 4) is 16.6 Å². The van der Waals surface area contributed by atoms with Crippen molar-refractivity contribution < 1.29 is 8.42 Å². The van der Waals surface area contributed by atoms with Crippen molar-refractivity contribution in [3.63, 3.8) is 0 Å². The van der Waals surface area contributed by atoms with E-state index >= 15 is 0 Å². The Kier molecular flexibility index (Phi) is 5.60. The van der Waals surface area contributed by atoms with Crippen LogP contribution in [0, 0.1) is 11.3 Å². The Hall–Kier alpha value is -2.28. The van der Waals surface area contributed by atoms with E-state index in [0.717, 1.165) is 16.9 Å². The van der Waals surface area contributed by atoms with Gasteiger partial charge in [-0.3, -0.25) is 4.72 Å². The van der Waals surface area contributed by atoms with E-state index in [9.17, 15) is 13.7 Å². The molecule has 0 atom stereocenters. The third-order valence-electron chi connectivity index (χ3n) is 3.85. The molecule has 27 heavy (non-hydrogen) atoms. The van der Waals surface area contributed by atoms with Crippen LogP contribution in [0.2, 0.25) is 0 Å². The van der Waals surface area contributed by atoms with E-state index in [2.05, 4.69) is 44.7 Å². The van der Waals surface area contributed by atoms with Gasteiger partial charge in [0.1, 0.15) is 16.0 Å². The summed E-state index contributed by atoms with van der Waals surface area (Å²) in [4.78, 5) is -0.114. The number of hydrogen-bond donors (Lipinski definition) is 1. The zero-order chi connectivity index (χ0) is 19.6. The highest BCUT2D eigenvalue weighted by atomic mass is 79.9. The molecule has 0 saturated heterocycles. The van der Waals surface area contributed by atoms with E-state index in [1.807, 2.05) is 30.3 Å². The standard InChI is InChI=1S/C18H15BrN4O2S2/c1-11(2)12-6-8-13(9-7-12)17-21-22-18(26-17)23-27(24,25)16-5-3-4-15(19)14(16)10-20/h3-9,11H,1-2H3,(H,22,23). The van der Waals surface area contributed by atoms with Gasteiger partial charge < -0.3 is 0 Å². The van der Waals surface area contributed by atoms with Crippen LogP contribution in [0.25, 0.3) is 10.6 Å². The number of rotatable bonds is 5. The Morgan fingerprint density at radius 2 is 1.85 bits per heavy atom. The lowest BCUT2D eigenvalue weighted by molar-refractivity contribution is 0.601. The minimum absolute atomic E-state index is 0.0408. The molecule has 0 amide bonds. The Bertz CT molecular complexity index is 1120. The minimum atomic E-state index is -3.96. The second-order valence-corrected chi connectivity index (χ2v) is 9.50. The first kappa shape index (κ1) is 19.5. The summed E-state index contributed by atoms with van der Waals surface area (Å²) in [6.45, 7) is 4.23. The summed E-state index contributed by atoms with van der Waals surface area (Å²) in [5.74, 6) is 0.426. The first-order valence-electron chi connectivity index (χ1n) is 7.97. The van der Waals surface area contributed by atoms with Crippen LogP contribution in [0.15, 0.2) is 51.8 Å². The number of anilines is 1. The fourth-order valence-corrected chi connectivity index (χ4v) is 5.14. The van der Waals surface area contributed by atoms with Crippen molar-refractivity contribution in [3.05, 3.63) is 58.1 Å². The molecular formula is C18H15BrN4O2S2. The lowest BCUT2D eigenvalue weighted by Crippen LogP contribution is -2.14. The van der Waals surface area contributed by atoms with Crippen LogP contribution in [0.1, 0.15) is 30.9 Å². The second-order valence-electron chi connectivity index (χ2n) is 6.02. The third kappa shape index (κ3) is 4.18. The van der Waals surface area contributed by atoms with Crippen molar-refractivity contribution in [2.75, 3.05) is 4.72 Å². The third-order valence-corrected chi connectivity index (χ3v) is 6.91. The van der Waals surface area contributed by atoms with Gasteiger partial charge >= 0.3 is 0 Å². The predicted molar refractivity (Wildman–Crippen MR) is 109 cm³/mol. The highest BCUT2D eigenvalue weighted by Gasteiger charge is 2.22. The summed E-state index contributed by atoms with van der Waals surface area (Å²) in [6.07, 6.45) is 0. The number of sulfonamides is 1. The Morgan fingerprint density at radius 1 is 1.15 bits per heavy atom. The highest BCUT2D eigenvalue weighted by molar-refractivity contribution is 9.10. The molecule has 2 aromatic carbocycles. The van der Waals surface area contributed by atoms with Gasteiger partial charge in [0.2, 0.25) is 5.13 Å². The van der Waals surface area contributed by atoms with Crippen molar-refractivity contribution in [2.24, 2.45) is 0 Å². The van der Waals surface area contributed by atoms with Crippen LogP contribution in [0.3, 0.4) is 0 Å². The molecule has 0 saturated carbocycles. The molecule has 138 valence electrons. The van der Waals surface area contributed by atoms with Crippen LogP contribution in [-0.2, 0) is 10.0 Å². The van der Waals surface area contributed by atoms with Gasteiger partial charge in [0, 0.05) is 10.0 Å². The maximum atomic E-state index is 12.7. The van der Waals surface area contributed by atoms with Crippen LogP contribution in [0.5, 0.6) is 0 Å². The molecular weight excluding hydrogens is 448 g/mol. The molecule has 0 unspecified atom stereocenters. The maximum Gasteiger partial charge on any atom is 0.265 e. The molecule has 0 radical (unpaired) electrons. The zero-order valence-corrected chi connectivity index (χ0v) is 17.7. The van der Waals surface area contributed by atoms with E-state index in [0.29, 0.717) is 15.4 Å². The van der Waals surface area contributed by atoms with Gasteiger partial charge in [0.25, 0.3) is 10.0 Å². The van der Waals surface area contributed by atoms with Crippen LogP contribution >= 0.6 is 27.3 Å². The number of nitrogens with one attached hydrogen (secondary N) is 1. The van der Waals surface area contributed by atoms with E-state index in [4.69, 9.17) is 0 Å². The largest absolute Gasteiger partial charge is 0.265 e. The van der Waals surface area contributed by atoms with E-state index < -0.39 is 10.0 Å². The average Bonchev–Trinajstić information content (AvgIpc) is 3.09. The zero-order valence-electron chi connectivity index (χ0n) is 14.5. The molecule has 3 rings (SSSR count). The fraction of sp³-hybridized carbons (Fsp3) is 0.167. The van der Waals surface area contributed by atoms with Crippen LogP contribution < -0.4 is 4.72 Å². The molecule has 0 fully saturated rings. The Labute approximate surface area is 170 Å². The molecule has 0 aliphatic carbocycles. The molecule has 0 aliphatic heterocycles. The molecule has 0 bridgehead atoms. The van der Waals surface area contributed by atoms with Crippen LogP contribution in [-0.4, -0.2) is 18.6 Å². The molecule has 9 heteroatoms. The van der Waals surface area contributed by atoms with Crippen molar-refractivity contribution in [1.82, 2.24) is 10.2 Å². The molecule has 0 spiro atoms. The molecule has 6 nitrogen and oxygen atoms in total. The van der Waals surface area contributed by atoms with E-state index in [1.54, 1.807) is 12.1 Å². The van der Waals surface area contributed by atoms with Gasteiger partial charge in [0.05, 0.1) is 5.56 Å². The fourth-order valence-electron chi connectivity index (χ4n) is 2.40. The summed E-state index contributed by atoms with van der Waals surface area (Å²) >= 11 is 4.33. The van der Waals surface area contributed by atoms with Gasteiger partial charge in [0.15, 0.2) is 0 Å². The topological polar surface area (TPSA) is 95.7 Å². The lowest BCUT2D eigenvalue weighted by Gasteiger charge is -2.07. The van der Waals surface area contributed by atoms with E-state index in [1.165, 1.54) is 11.6 Å². The number of halogens is 1. The molecule has 1 heterocycles. The minimum Gasteiger partial charge on any atom is -0.253 e. The molecule has 1 aromatic heterocycles. The van der Waals surface area contributed by atoms with Crippen LogP contribution in [0.4, 0.5) is 5.13 Å². The van der Waals surface area contributed by atoms with Crippen molar-refractivity contribution in [1.29, 1.82) is 5.26 Å². The summed E-state index contributed by atoms with van der Waals surface area (Å²) < 4.78 is 28.1. The second kappa shape index (κ2) is 7.76. The molecule has 1 N–H and O–H groups in total. The maximum absolute atomic E-state index is 12.7. The summed E-state index contributed by atoms with van der Waals surface area (Å²) in [6, 6.07) is 14.4. The van der Waals surface area contributed by atoms with Gasteiger partial charge in [-0.25, -0.2) is 8.42 Å². The predicted octanol–water partition coefficient (Wildman–Crippen LogP) is 4.76. The number of aromatic nitrogens is 2. The smallest absolute Gasteiger partial charge is 0.253 e. The first-order valence-corrected chi connectivity index (χ1v) is 11.1. The first-order chi connectivity index (χ1) is 12.8.